The van der Waals surface area contributed by atoms with E-state index in [4.69, 9.17) is 11.6 Å². The zero-order valence-electron chi connectivity index (χ0n) is 11.5. The maximum atomic E-state index is 11.3. The molecule has 0 heterocycles. The van der Waals surface area contributed by atoms with Crippen molar-refractivity contribution >= 4 is 21.4 Å². The standard InChI is InChI=1S/C14H22ClNO2S/c1-3-16-11-13(8-9-19(2,17)18)10-12-4-6-14(15)7-5-12/h4-7,13,16H,3,8-11H2,1-2H3. The maximum Gasteiger partial charge on any atom is 0.147 e. The van der Waals surface area contributed by atoms with Gasteiger partial charge in [0.25, 0.3) is 0 Å². The highest BCUT2D eigenvalue weighted by molar-refractivity contribution is 7.90. The maximum absolute atomic E-state index is 11.3. The first-order chi connectivity index (χ1) is 8.90. The highest BCUT2D eigenvalue weighted by atomic mass is 35.5. The van der Waals surface area contributed by atoms with Crippen LogP contribution in [0.25, 0.3) is 0 Å². The molecule has 0 amide bonds. The van der Waals surface area contributed by atoms with Crippen LogP contribution in [0.5, 0.6) is 0 Å². The Hall–Kier alpha value is -0.580. The van der Waals surface area contributed by atoms with Gasteiger partial charge < -0.3 is 5.32 Å². The quantitative estimate of drug-likeness (QED) is 0.803. The van der Waals surface area contributed by atoms with E-state index in [2.05, 4.69) is 12.2 Å². The van der Waals surface area contributed by atoms with Crippen molar-refractivity contribution in [3.63, 3.8) is 0 Å². The number of hydrogen-bond donors (Lipinski definition) is 1. The number of rotatable bonds is 8. The second-order valence-corrected chi connectivity index (χ2v) is 7.62. The zero-order chi connectivity index (χ0) is 14.3. The topological polar surface area (TPSA) is 46.2 Å². The van der Waals surface area contributed by atoms with Crippen molar-refractivity contribution in [2.75, 3.05) is 25.1 Å². The lowest BCUT2D eigenvalue weighted by Gasteiger charge is -2.17. The third-order valence-corrected chi connectivity index (χ3v) is 4.25. The van der Waals surface area contributed by atoms with E-state index in [1.54, 1.807) is 0 Å². The molecule has 0 radical (unpaired) electrons. The molecule has 0 aliphatic carbocycles. The van der Waals surface area contributed by atoms with Crippen LogP contribution < -0.4 is 5.32 Å². The summed E-state index contributed by atoms with van der Waals surface area (Å²) in [4.78, 5) is 0. The Morgan fingerprint density at radius 2 is 1.89 bits per heavy atom. The summed E-state index contributed by atoms with van der Waals surface area (Å²) in [6, 6.07) is 7.75. The molecule has 0 aliphatic rings. The van der Waals surface area contributed by atoms with Crippen molar-refractivity contribution in [3.8, 4) is 0 Å². The zero-order valence-corrected chi connectivity index (χ0v) is 13.1. The van der Waals surface area contributed by atoms with Gasteiger partial charge in [-0.15, -0.1) is 0 Å². The van der Waals surface area contributed by atoms with Gasteiger partial charge in [0.05, 0.1) is 5.75 Å². The van der Waals surface area contributed by atoms with Gasteiger partial charge >= 0.3 is 0 Å². The van der Waals surface area contributed by atoms with E-state index in [9.17, 15) is 8.42 Å². The number of hydrogen-bond acceptors (Lipinski definition) is 3. The Balaban J connectivity index is 2.60. The molecule has 0 saturated carbocycles. The molecular weight excluding hydrogens is 282 g/mol. The molecule has 0 bridgehead atoms. The fourth-order valence-electron chi connectivity index (χ4n) is 1.96. The normalized spacial score (nSPS) is 13.4. The minimum absolute atomic E-state index is 0.247. The van der Waals surface area contributed by atoms with Crippen LogP contribution in [0.1, 0.15) is 18.9 Å². The van der Waals surface area contributed by atoms with Gasteiger partial charge in [-0.05, 0) is 49.5 Å². The number of halogens is 1. The van der Waals surface area contributed by atoms with E-state index in [1.807, 2.05) is 24.3 Å². The van der Waals surface area contributed by atoms with Crippen LogP contribution in [-0.4, -0.2) is 33.5 Å². The van der Waals surface area contributed by atoms with Gasteiger partial charge in [-0.3, -0.25) is 0 Å². The lowest BCUT2D eigenvalue weighted by molar-refractivity contribution is 0.465. The van der Waals surface area contributed by atoms with E-state index in [1.165, 1.54) is 11.8 Å². The SMILES string of the molecule is CCNCC(CCS(C)(=O)=O)Cc1ccc(Cl)cc1. The summed E-state index contributed by atoms with van der Waals surface area (Å²) < 4.78 is 22.5. The predicted octanol–water partition coefficient (Wildman–Crippen LogP) is 2.54. The van der Waals surface area contributed by atoms with Gasteiger partial charge in [-0.1, -0.05) is 30.7 Å². The highest BCUT2D eigenvalue weighted by Crippen LogP contribution is 2.16. The van der Waals surface area contributed by atoms with Crippen LogP contribution in [0.15, 0.2) is 24.3 Å². The van der Waals surface area contributed by atoms with Crippen molar-refractivity contribution in [2.45, 2.75) is 19.8 Å². The molecule has 0 fully saturated rings. The third-order valence-electron chi connectivity index (χ3n) is 3.02. The first-order valence-corrected chi connectivity index (χ1v) is 8.97. The largest absolute Gasteiger partial charge is 0.317 e. The van der Waals surface area contributed by atoms with Crippen LogP contribution in [0.3, 0.4) is 0 Å². The molecule has 1 unspecified atom stereocenters. The van der Waals surface area contributed by atoms with E-state index >= 15 is 0 Å². The second-order valence-electron chi connectivity index (χ2n) is 4.92. The van der Waals surface area contributed by atoms with Gasteiger partial charge in [0.1, 0.15) is 9.84 Å². The minimum atomic E-state index is -2.89. The molecule has 3 nitrogen and oxygen atoms in total. The molecule has 1 N–H and O–H groups in total. The Bertz CT molecular complexity index is 471. The first-order valence-electron chi connectivity index (χ1n) is 6.53. The lowest BCUT2D eigenvalue weighted by Crippen LogP contribution is -2.25. The number of nitrogens with one attached hydrogen (secondary N) is 1. The molecule has 1 aromatic carbocycles. The molecule has 108 valence electrons. The van der Waals surface area contributed by atoms with Crippen LogP contribution in [0.2, 0.25) is 5.02 Å². The fourth-order valence-corrected chi connectivity index (χ4v) is 2.85. The summed E-state index contributed by atoms with van der Waals surface area (Å²) in [6.07, 6.45) is 2.85. The molecule has 1 rings (SSSR count). The fraction of sp³-hybridized carbons (Fsp3) is 0.571. The van der Waals surface area contributed by atoms with Gasteiger partial charge in [0.2, 0.25) is 0 Å². The van der Waals surface area contributed by atoms with E-state index in [-0.39, 0.29) is 5.75 Å². The molecule has 1 aromatic rings. The van der Waals surface area contributed by atoms with Crippen LogP contribution in [0.4, 0.5) is 0 Å². The van der Waals surface area contributed by atoms with E-state index in [0.29, 0.717) is 12.3 Å². The highest BCUT2D eigenvalue weighted by Gasteiger charge is 2.13. The van der Waals surface area contributed by atoms with Crippen molar-refractivity contribution < 1.29 is 8.42 Å². The molecule has 0 spiro atoms. The van der Waals surface area contributed by atoms with Gasteiger partial charge in [0, 0.05) is 11.3 Å². The van der Waals surface area contributed by atoms with Crippen LogP contribution in [-0.2, 0) is 16.3 Å². The van der Waals surface area contributed by atoms with E-state index < -0.39 is 9.84 Å². The second kappa shape index (κ2) is 7.88. The Morgan fingerprint density at radius 3 is 2.42 bits per heavy atom. The molecule has 0 aliphatic heterocycles. The van der Waals surface area contributed by atoms with Gasteiger partial charge in [-0.2, -0.15) is 0 Å². The molecule has 19 heavy (non-hydrogen) atoms. The summed E-state index contributed by atoms with van der Waals surface area (Å²) in [5, 5.41) is 4.02. The summed E-state index contributed by atoms with van der Waals surface area (Å²) in [5.74, 6) is 0.576. The minimum Gasteiger partial charge on any atom is -0.317 e. The lowest BCUT2D eigenvalue weighted by atomic mass is 9.97. The van der Waals surface area contributed by atoms with Crippen LogP contribution >= 0.6 is 11.6 Å². The first kappa shape index (κ1) is 16.5. The summed E-state index contributed by atoms with van der Waals surface area (Å²) in [7, 11) is -2.89. The van der Waals surface area contributed by atoms with Crippen molar-refractivity contribution in [3.05, 3.63) is 34.9 Å². The smallest absolute Gasteiger partial charge is 0.147 e. The third kappa shape index (κ3) is 7.55. The monoisotopic (exact) mass is 303 g/mol. The Morgan fingerprint density at radius 1 is 1.26 bits per heavy atom. The molecule has 0 aromatic heterocycles. The molecule has 5 heteroatoms. The Labute approximate surface area is 121 Å². The average Bonchev–Trinajstić information content (AvgIpc) is 2.34. The van der Waals surface area contributed by atoms with Crippen molar-refractivity contribution in [2.24, 2.45) is 5.92 Å². The van der Waals surface area contributed by atoms with Crippen molar-refractivity contribution in [1.29, 1.82) is 0 Å². The average molecular weight is 304 g/mol. The molecule has 1 atom stereocenters. The number of benzene rings is 1. The predicted molar refractivity (Wildman–Crippen MR) is 81.5 cm³/mol. The molecular formula is C14H22ClNO2S. The summed E-state index contributed by atoms with van der Waals surface area (Å²) in [5.41, 5.74) is 1.20. The summed E-state index contributed by atoms with van der Waals surface area (Å²) in [6.45, 7) is 3.79. The van der Waals surface area contributed by atoms with E-state index in [0.717, 1.165) is 24.5 Å². The Kier molecular flexibility index (Phi) is 6.83. The van der Waals surface area contributed by atoms with Gasteiger partial charge in [-0.25, -0.2) is 8.42 Å². The molecule has 0 saturated heterocycles. The number of sulfone groups is 1. The van der Waals surface area contributed by atoms with Crippen LogP contribution in [0, 0.1) is 5.92 Å². The van der Waals surface area contributed by atoms with Gasteiger partial charge in [0.15, 0.2) is 0 Å². The van der Waals surface area contributed by atoms with Crippen molar-refractivity contribution in [1.82, 2.24) is 5.32 Å². The summed E-state index contributed by atoms with van der Waals surface area (Å²) >= 11 is 5.86.